The van der Waals surface area contributed by atoms with Crippen molar-refractivity contribution >= 4 is 0 Å². The van der Waals surface area contributed by atoms with Crippen LogP contribution < -0.4 is 5.32 Å². The highest BCUT2D eigenvalue weighted by Gasteiger charge is 2.24. The normalized spacial score (nSPS) is 33.0. The Hall–Kier alpha value is -0.660. The Kier molecular flexibility index (Phi) is 0.745. The van der Waals surface area contributed by atoms with Gasteiger partial charge in [0, 0.05) is 12.5 Å². The van der Waals surface area contributed by atoms with Crippen LogP contribution >= 0.6 is 0 Å². The monoisotopic (exact) mass is 111 g/mol. The largest absolute Gasteiger partial charge is 0.499 e. The lowest BCUT2D eigenvalue weighted by atomic mass is 10.1. The molecule has 0 aromatic carbocycles. The van der Waals surface area contributed by atoms with Crippen molar-refractivity contribution in [2.75, 3.05) is 13.2 Å². The van der Waals surface area contributed by atoms with Crippen LogP contribution in [0.5, 0.6) is 0 Å². The Labute approximate surface area is 48.5 Å². The summed E-state index contributed by atoms with van der Waals surface area (Å²) in [5.74, 6) is 0.704. The smallest absolute Gasteiger partial charge is 0.102 e. The Bertz CT molecular complexity index is 130. The third kappa shape index (κ3) is 0.427. The van der Waals surface area contributed by atoms with E-state index in [1.54, 1.807) is 0 Å². The molecule has 0 amide bonds. The van der Waals surface area contributed by atoms with E-state index in [9.17, 15) is 0 Å². The number of nitrogens with one attached hydrogen (secondary N) is 1. The van der Waals surface area contributed by atoms with Gasteiger partial charge in [0.2, 0.25) is 0 Å². The van der Waals surface area contributed by atoms with Crippen LogP contribution in [0.1, 0.15) is 6.42 Å². The Morgan fingerprint density at radius 1 is 1.75 bits per heavy atom. The standard InChI is InChI=1S/C6H9NO/c1-2-7-6-4-8-3-5(1)6/h4-5,7H,1-3H2. The second-order valence-corrected chi connectivity index (χ2v) is 2.32. The molecular formula is C6H9NO. The van der Waals surface area contributed by atoms with Crippen molar-refractivity contribution in [3.63, 3.8) is 0 Å². The van der Waals surface area contributed by atoms with Crippen molar-refractivity contribution in [3.8, 4) is 0 Å². The van der Waals surface area contributed by atoms with E-state index in [1.165, 1.54) is 12.1 Å². The van der Waals surface area contributed by atoms with Crippen LogP contribution in [0.15, 0.2) is 12.0 Å². The zero-order valence-corrected chi connectivity index (χ0v) is 4.68. The van der Waals surface area contributed by atoms with E-state index >= 15 is 0 Å². The summed E-state index contributed by atoms with van der Waals surface area (Å²) in [6.45, 7) is 2.04. The van der Waals surface area contributed by atoms with Crippen LogP contribution in [0.2, 0.25) is 0 Å². The molecular weight excluding hydrogens is 102 g/mol. The Balaban J connectivity index is 2.20. The van der Waals surface area contributed by atoms with Crippen LogP contribution in [0.3, 0.4) is 0 Å². The maximum absolute atomic E-state index is 5.09. The van der Waals surface area contributed by atoms with Crippen LogP contribution in [-0.2, 0) is 4.74 Å². The zero-order chi connectivity index (χ0) is 5.40. The molecule has 44 valence electrons. The molecule has 2 rings (SSSR count). The van der Waals surface area contributed by atoms with Gasteiger partial charge in [-0.3, -0.25) is 0 Å². The topological polar surface area (TPSA) is 21.3 Å². The third-order valence-corrected chi connectivity index (χ3v) is 1.77. The predicted molar refractivity (Wildman–Crippen MR) is 30.1 cm³/mol. The molecule has 1 unspecified atom stereocenters. The van der Waals surface area contributed by atoms with Crippen LogP contribution in [-0.4, -0.2) is 13.2 Å². The fourth-order valence-corrected chi connectivity index (χ4v) is 1.26. The van der Waals surface area contributed by atoms with Gasteiger partial charge in [-0.1, -0.05) is 0 Å². The van der Waals surface area contributed by atoms with Crippen LogP contribution in [0.4, 0.5) is 0 Å². The quantitative estimate of drug-likeness (QED) is 0.490. The van der Waals surface area contributed by atoms with Gasteiger partial charge in [-0.15, -0.1) is 0 Å². The maximum atomic E-state index is 5.09. The van der Waals surface area contributed by atoms with Gasteiger partial charge < -0.3 is 10.1 Å². The van der Waals surface area contributed by atoms with Crippen molar-refractivity contribution in [1.29, 1.82) is 0 Å². The highest BCUT2D eigenvalue weighted by Crippen LogP contribution is 2.23. The molecule has 1 fully saturated rings. The summed E-state index contributed by atoms with van der Waals surface area (Å²) in [7, 11) is 0. The molecule has 2 nitrogen and oxygen atoms in total. The first-order valence-electron chi connectivity index (χ1n) is 3.02. The minimum Gasteiger partial charge on any atom is -0.499 e. The first-order chi connectivity index (χ1) is 3.97. The lowest BCUT2D eigenvalue weighted by Crippen LogP contribution is -2.03. The average Bonchev–Trinajstić information content (AvgIpc) is 2.15. The molecule has 0 radical (unpaired) electrons. The highest BCUT2D eigenvalue weighted by molar-refractivity contribution is 5.10. The fourth-order valence-electron chi connectivity index (χ4n) is 1.26. The predicted octanol–water partition coefficient (Wildman–Crippen LogP) is 0.467. The van der Waals surface area contributed by atoms with Crippen LogP contribution in [0, 0.1) is 5.92 Å². The molecule has 0 bridgehead atoms. The first kappa shape index (κ1) is 4.24. The van der Waals surface area contributed by atoms with Gasteiger partial charge in [0.1, 0.15) is 6.26 Å². The number of hydrogen-bond acceptors (Lipinski definition) is 2. The molecule has 2 heterocycles. The lowest BCUT2D eigenvalue weighted by Gasteiger charge is -1.95. The summed E-state index contributed by atoms with van der Waals surface area (Å²) in [4.78, 5) is 0. The molecule has 2 aliphatic heterocycles. The SMILES string of the molecule is C1=C2NCCC2CO1. The molecule has 0 aliphatic carbocycles. The van der Waals surface area contributed by atoms with Gasteiger partial charge in [-0.25, -0.2) is 0 Å². The molecule has 2 aliphatic rings. The van der Waals surface area contributed by atoms with E-state index in [0.29, 0.717) is 5.92 Å². The summed E-state index contributed by atoms with van der Waals surface area (Å²) in [6, 6.07) is 0. The number of fused-ring (bicyclic) bond motifs is 1. The van der Waals surface area contributed by atoms with Gasteiger partial charge in [-0.2, -0.15) is 0 Å². The van der Waals surface area contributed by atoms with Crippen molar-refractivity contribution in [2.45, 2.75) is 6.42 Å². The summed E-state index contributed by atoms with van der Waals surface area (Å²) < 4.78 is 5.09. The lowest BCUT2D eigenvalue weighted by molar-refractivity contribution is 0.247. The minimum absolute atomic E-state index is 0.704. The maximum Gasteiger partial charge on any atom is 0.102 e. The second-order valence-electron chi connectivity index (χ2n) is 2.32. The van der Waals surface area contributed by atoms with Crippen LogP contribution in [0.25, 0.3) is 0 Å². The van der Waals surface area contributed by atoms with E-state index in [1.807, 2.05) is 6.26 Å². The van der Waals surface area contributed by atoms with Gasteiger partial charge in [0.15, 0.2) is 0 Å². The summed E-state index contributed by atoms with van der Waals surface area (Å²) >= 11 is 0. The van der Waals surface area contributed by atoms with Crippen molar-refractivity contribution in [2.24, 2.45) is 5.92 Å². The van der Waals surface area contributed by atoms with Gasteiger partial charge >= 0.3 is 0 Å². The Morgan fingerprint density at radius 2 is 2.75 bits per heavy atom. The van der Waals surface area contributed by atoms with Crippen molar-refractivity contribution in [3.05, 3.63) is 12.0 Å². The van der Waals surface area contributed by atoms with E-state index < -0.39 is 0 Å². The number of rotatable bonds is 0. The number of hydrogen-bond donors (Lipinski definition) is 1. The molecule has 1 N–H and O–H groups in total. The molecule has 8 heavy (non-hydrogen) atoms. The average molecular weight is 111 g/mol. The van der Waals surface area contributed by atoms with Gasteiger partial charge in [-0.05, 0) is 6.42 Å². The highest BCUT2D eigenvalue weighted by atomic mass is 16.5. The van der Waals surface area contributed by atoms with Gasteiger partial charge in [0.25, 0.3) is 0 Å². The fraction of sp³-hybridized carbons (Fsp3) is 0.667. The second kappa shape index (κ2) is 1.41. The number of ether oxygens (including phenoxy) is 1. The van der Waals surface area contributed by atoms with Gasteiger partial charge in [0.05, 0.1) is 12.3 Å². The summed E-state index contributed by atoms with van der Waals surface area (Å²) in [6.07, 6.45) is 3.10. The summed E-state index contributed by atoms with van der Waals surface area (Å²) in [5.41, 5.74) is 1.31. The van der Waals surface area contributed by atoms with E-state index in [0.717, 1.165) is 13.2 Å². The van der Waals surface area contributed by atoms with E-state index in [2.05, 4.69) is 5.32 Å². The summed E-state index contributed by atoms with van der Waals surface area (Å²) in [5, 5.41) is 3.25. The molecule has 1 atom stereocenters. The molecule has 0 spiro atoms. The van der Waals surface area contributed by atoms with E-state index in [-0.39, 0.29) is 0 Å². The molecule has 1 saturated heterocycles. The van der Waals surface area contributed by atoms with Crippen molar-refractivity contribution in [1.82, 2.24) is 5.32 Å². The van der Waals surface area contributed by atoms with E-state index in [4.69, 9.17) is 4.74 Å². The zero-order valence-electron chi connectivity index (χ0n) is 4.68. The molecule has 2 heteroatoms. The van der Waals surface area contributed by atoms with Crippen molar-refractivity contribution < 1.29 is 4.74 Å². The molecule has 0 aromatic rings. The Morgan fingerprint density at radius 3 is 3.62 bits per heavy atom. The first-order valence-corrected chi connectivity index (χ1v) is 3.02. The third-order valence-electron chi connectivity index (χ3n) is 1.77. The minimum atomic E-state index is 0.704. The molecule has 0 aromatic heterocycles. The molecule has 0 saturated carbocycles.